The average molecular weight is 260 g/mol. The zero-order chi connectivity index (χ0) is 10.1. The Kier molecular flexibility index (Phi) is 2.62. The van der Waals surface area contributed by atoms with Crippen molar-refractivity contribution in [2.75, 3.05) is 13.4 Å². The fourth-order valence-electron chi connectivity index (χ4n) is 1.32. The van der Waals surface area contributed by atoms with E-state index < -0.39 is 6.04 Å². The first-order chi connectivity index (χ1) is 6.72. The van der Waals surface area contributed by atoms with Crippen molar-refractivity contribution in [2.45, 2.75) is 6.04 Å². The van der Waals surface area contributed by atoms with Crippen LogP contribution in [0.15, 0.2) is 16.6 Å². The van der Waals surface area contributed by atoms with Gasteiger partial charge in [0.05, 0.1) is 12.6 Å². The van der Waals surface area contributed by atoms with Gasteiger partial charge in [-0.05, 0) is 17.7 Å². The second kappa shape index (κ2) is 3.76. The Morgan fingerprint density at radius 1 is 1.43 bits per heavy atom. The number of hydrogen-bond donors (Lipinski definition) is 2. The zero-order valence-corrected chi connectivity index (χ0v) is 8.95. The van der Waals surface area contributed by atoms with Crippen LogP contribution >= 0.6 is 15.9 Å². The van der Waals surface area contributed by atoms with Crippen LogP contribution in [-0.4, -0.2) is 18.5 Å². The van der Waals surface area contributed by atoms with Gasteiger partial charge in [-0.3, -0.25) is 0 Å². The molecule has 0 saturated heterocycles. The number of rotatable bonds is 2. The number of benzene rings is 1. The van der Waals surface area contributed by atoms with Crippen molar-refractivity contribution in [3.05, 3.63) is 22.2 Å². The van der Waals surface area contributed by atoms with Crippen molar-refractivity contribution >= 4 is 15.9 Å². The van der Waals surface area contributed by atoms with E-state index >= 15 is 0 Å². The molecule has 0 saturated carbocycles. The molecule has 1 atom stereocenters. The van der Waals surface area contributed by atoms with E-state index in [0.717, 1.165) is 10.0 Å². The summed E-state index contributed by atoms with van der Waals surface area (Å²) in [5, 5.41) is 8.94. The van der Waals surface area contributed by atoms with E-state index in [1.165, 1.54) is 0 Å². The predicted molar refractivity (Wildman–Crippen MR) is 54.3 cm³/mol. The van der Waals surface area contributed by atoms with Crippen LogP contribution in [0.25, 0.3) is 0 Å². The molecule has 4 nitrogen and oxygen atoms in total. The molecule has 1 aliphatic heterocycles. The first kappa shape index (κ1) is 9.76. The molecule has 0 amide bonds. The van der Waals surface area contributed by atoms with E-state index in [1.807, 2.05) is 0 Å². The number of ether oxygens (including phenoxy) is 2. The van der Waals surface area contributed by atoms with Gasteiger partial charge >= 0.3 is 0 Å². The Labute approximate surface area is 89.7 Å². The molecule has 0 radical (unpaired) electrons. The summed E-state index contributed by atoms with van der Waals surface area (Å²) in [6.07, 6.45) is 0. The van der Waals surface area contributed by atoms with Gasteiger partial charge in [0.25, 0.3) is 0 Å². The smallest absolute Gasteiger partial charge is 0.231 e. The van der Waals surface area contributed by atoms with E-state index in [9.17, 15) is 0 Å². The molecular formula is C9H10BrNO3. The van der Waals surface area contributed by atoms with E-state index in [4.69, 9.17) is 20.3 Å². The monoisotopic (exact) mass is 259 g/mol. The zero-order valence-electron chi connectivity index (χ0n) is 7.37. The lowest BCUT2D eigenvalue weighted by atomic mass is 10.1. The Hall–Kier alpha value is -0.780. The lowest BCUT2D eigenvalue weighted by Gasteiger charge is -2.11. The molecule has 0 aromatic heterocycles. The molecule has 3 N–H and O–H groups in total. The summed E-state index contributed by atoms with van der Waals surface area (Å²) in [5.41, 5.74) is 6.53. The molecular weight excluding hydrogens is 250 g/mol. The van der Waals surface area contributed by atoms with Crippen molar-refractivity contribution < 1.29 is 14.6 Å². The highest BCUT2D eigenvalue weighted by molar-refractivity contribution is 9.10. The van der Waals surface area contributed by atoms with Crippen LogP contribution in [0.5, 0.6) is 11.5 Å². The van der Waals surface area contributed by atoms with Gasteiger partial charge in [-0.25, -0.2) is 0 Å². The summed E-state index contributed by atoms with van der Waals surface area (Å²) < 4.78 is 11.2. The normalized spacial score (nSPS) is 15.6. The van der Waals surface area contributed by atoms with Crippen molar-refractivity contribution in [3.63, 3.8) is 0 Å². The topological polar surface area (TPSA) is 64.7 Å². The molecule has 1 unspecified atom stereocenters. The van der Waals surface area contributed by atoms with E-state index in [2.05, 4.69) is 15.9 Å². The van der Waals surface area contributed by atoms with Gasteiger partial charge in [-0.15, -0.1) is 0 Å². The fraction of sp³-hybridized carbons (Fsp3) is 0.333. The maximum atomic E-state index is 8.94. The van der Waals surface area contributed by atoms with Gasteiger partial charge in [0.2, 0.25) is 6.79 Å². The van der Waals surface area contributed by atoms with Crippen LogP contribution in [0.3, 0.4) is 0 Å². The lowest BCUT2D eigenvalue weighted by molar-refractivity contribution is 0.174. The Balaban J connectivity index is 2.42. The minimum atomic E-state index is -0.404. The summed E-state index contributed by atoms with van der Waals surface area (Å²) in [5.74, 6) is 1.37. The van der Waals surface area contributed by atoms with Crippen molar-refractivity contribution in [1.82, 2.24) is 0 Å². The molecule has 14 heavy (non-hydrogen) atoms. The largest absolute Gasteiger partial charge is 0.454 e. The standard InChI is InChI=1S/C9H10BrNO3/c10-6-2-9-8(13-4-14-9)1-5(6)7(11)3-12/h1-2,7,12H,3-4,11H2. The highest BCUT2D eigenvalue weighted by atomic mass is 79.9. The predicted octanol–water partition coefficient (Wildman–Crippen LogP) is 1.17. The van der Waals surface area contributed by atoms with Gasteiger partial charge in [0.1, 0.15) is 0 Å². The van der Waals surface area contributed by atoms with Gasteiger partial charge in [0.15, 0.2) is 11.5 Å². The van der Waals surface area contributed by atoms with E-state index in [0.29, 0.717) is 11.5 Å². The number of halogens is 1. The Morgan fingerprint density at radius 3 is 2.71 bits per heavy atom. The van der Waals surface area contributed by atoms with Crippen molar-refractivity contribution in [3.8, 4) is 11.5 Å². The number of hydrogen-bond acceptors (Lipinski definition) is 4. The van der Waals surface area contributed by atoms with Gasteiger partial charge in [0, 0.05) is 4.47 Å². The van der Waals surface area contributed by atoms with E-state index in [-0.39, 0.29) is 13.4 Å². The first-order valence-electron chi connectivity index (χ1n) is 4.18. The van der Waals surface area contributed by atoms with Crippen molar-refractivity contribution in [1.29, 1.82) is 0 Å². The first-order valence-corrected chi connectivity index (χ1v) is 4.97. The van der Waals surface area contributed by atoms with Crippen LogP contribution in [0.2, 0.25) is 0 Å². The maximum absolute atomic E-state index is 8.94. The van der Waals surface area contributed by atoms with E-state index in [1.54, 1.807) is 12.1 Å². The molecule has 1 aliphatic rings. The SMILES string of the molecule is NC(CO)c1cc2c(cc1Br)OCO2. The van der Waals surface area contributed by atoms with Crippen molar-refractivity contribution in [2.24, 2.45) is 5.73 Å². The third-order valence-corrected chi connectivity index (χ3v) is 2.77. The molecule has 1 heterocycles. The van der Waals surface area contributed by atoms with Crippen LogP contribution in [0, 0.1) is 0 Å². The third kappa shape index (κ3) is 1.58. The second-order valence-electron chi connectivity index (χ2n) is 3.02. The molecule has 0 bridgehead atoms. The van der Waals surface area contributed by atoms with Gasteiger partial charge in [-0.2, -0.15) is 0 Å². The molecule has 76 valence electrons. The number of fused-ring (bicyclic) bond motifs is 1. The molecule has 0 fully saturated rings. The molecule has 0 spiro atoms. The molecule has 0 aliphatic carbocycles. The molecule has 1 aromatic rings. The average Bonchev–Trinajstić information content (AvgIpc) is 2.62. The lowest BCUT2D eigenvalue weighted by Crippen LogP contribution is -2.14. The van der Waals surface area contributed by atoms with Crippen LogP contribution in [0.4, 0.5) is 0 Å². The fourth-order valence-corrected chi connectivity index (χ4v) is 1.93. The van der Waals surface area contributed by atoms with Gasteiger partial charge in [-0.1, -0.05) is 15.9 Å². The van der Waals surface area contributed by atoms with Crippen LogP contribution in [0.1, 0.15) is 11.6 Å². The summed E-state index contributed by atoms with van der Waals surface area (Å²) in [6, 6.07) is 3.18. The maximum Gasteiger partial charge on any atom is 0.231 e. The summed E-state index contributed by atoms with van der Waals surface area (Å²) in [7, 11) is 0. The van der Waals surface area contributed by atoms with Crippen LogP contribution < -0.4 is 15.2 Å². The Bertz CT molecular complexity index is 356. The Morgan fingerprint density at radius 2 is 2.07 bits per heavy atom. The molecule has 5 heteroatoms. The summed E-state index contributed by atoms with van der Waals surface area (Å²) >= 11 is 3.36. The number of nitrogens with two attached hydrogens (primary N) is 1. The molecule has 1 aromatic carbocycles. The molecule has 2 rings (SSSR count). The second-order valence-corrected chi connectivity index (χ2v) is 3.87. The number of aliphatic hydroxyl groups is 1. The summed E-state index contributed by atoms with van der Waals surface area (Å²) in [4.78, 5) is 0. The van der Waals surface area contributed by atoms with Gasteiger partial charge < -0.3 is 20.3 Å². The third-order valence-electron chi connectivity index (χ3n) is 2.09. The highest BCUT2D eigenvalue weighted by Gasteiger charge is 2.18. The van der Waals surface area contributed by atoms with Crippen LogP contribution in [-0.2, 0) is 0 Å². The highest BCUT2D eigenvalue weighted by Crippen LogP contribution is 2.38. The minimum Gasteiger partial charge on any atom is -0.454 e. The summed E-state index contributed by atoms with van der Waals surface area (Å²) in [6.45, 7) is 0.137. The quantitative estimate of drug-likeness (QED) is 0.837. The number of aliphatic hydroxyl groups excluding tert-OH is 1. The minimum absolute atomic E-state index is 0.0990.